The molecule has 1 aromatic carbocycles. The topological polar surface area (TPSA) is 50.7 Å². The van der Waals surface area contributed by atoms with Crippen molar-refractivity contribution in [2.45, 2.75) is 25.1 Å². The Morgan fingerprint density at radius 2 is 2.20 bits per heavy atom. The first-order valence-electron chi connectivity index (χ1n) is 5.99. The first-order chi connectivity index (χ1) is 9.40. The first-order valence-corrected chi connectivity index (χ1v) is 5.99. The first kappa shape index (κ1) is 14.4. The zero-order valence-corrected chi connectivity index (χ0v) is 10.7. The van der Waals surface area contributed by atoms with E-state index < -0.39 is 23.8 Å². The molecule has 1 aliphatic rings. The second kappa shape index (κ2) is 5.52. The summed E-state index contributed by atoms with van der Waals surface area (Å²) in [6, 6.07) is 4.27. The third-order valence-electron chi connectivity index (χ3n) is 2.92. The fourth-order valence-electron chi connectivity index (χ4n) is 1.93. The number of methoxy groups -OCH3 is 1. The maximum absolute atomic E-state index is 12.6. The summed E-state index contributed by atoms with van der Waals surface area (Å²) in [5.74, 6) is 0.0468. The van der Waals surface area contributed by atoms with Crippen LogP contribution in [0.1, 0.15) is 18.4 Å². The Hall–Kier alpha value is -2.05. The van der Waals surface area contributed by atoms with Crippen LogP contribution in [0.5, 0.6) is 0 Å². The summed E-state index contributed by atoms with van der Waals surface area (Å²) >= 11 is 0. The third kappa shape index (κ3) is 3.28. The number of hydrogen-bond donors (Lipinski definition) is 1. The van der Waals surface area contributed by atoms with E-state index in [1.807, 2.05) is 0 Å². The maximum atomic E-state index is 12.6. The molecule has 0 radical (unpaired) electrons. The fourth-order valence-corrected chi connectivity index (χ4v) is 1.93. The number of aliphatic imine (C=N–C) groups is 1. The second-order valence-corrected chi connectivity index (χ2v) is 4.36. The van der Waals surface area contributed by atoms with Crippen LogP contribution in [0.4, 0.5) is 18.9 Å². The molecule has 2 rings (SSSR count). The number of esters is 1. The Morgan fingerprint density at radius 1 is 1.45 bits per heavy atom. The van der Waals surface area contributed by atoms with Crippen LogP contribution in [-0.2, 0) is 15.7 Å². The molecule has 1 N–H and O–H groups in total. The fraction of sp³-hybridized carbons (Fsp3) is 0.385. The van der Waals surface area contributed by atoms with E-state index in [9.17, 15) is 18.0 Å². The molecular weight excluding hydrogens is 273 g/mol. The van der Waals surface area contributed by atoms with Crippen molar-refractivity contribution in [1.82, 2.24) is 0 Å². The smallest absolute Gasteiger partial charge is 0.416 e. The minimum Gasteiger partial charge on any atom is -0.467 e. The standard InChI is InChI=1S/C13H13F3N2O2/c1-20-12(19)10-5-6-11(18-10)17-9-4-2-3-8(7-9)13(14,15)16/h2-4,7,10H,5-6H2,1H3,(H,17,18). The molecule has 4 nitrogen and oxygen atoms in total. The Kier molecular flexibility index (Phi) is 3.96. The van der Waals surface area contributed by atoms with E-state index in [1.165, 1.54) is 19.2 Å². The van der Waals surface area contributed by atoms with Crippen molar-refractivity contribution in [3.63, 3.8) is 0 Å². The Labute approximate surface area is 113 Å². The number of anilines is 1. The number of carbonyl (C=O) groups excluding carboxylic acids is 1. The lowest BCUT2D eigenvalue weighted by Crippen LogP contribution is -2.17. The van der Waals surface area contributed by atoms with E-state index in [0.717, 1.165) is 12.1 Å². The Balaban J connectivity index is 2.10. The summed E-state index contributed by atoms with van der Waals surface area (Å²) in [6.45, 7) is 0. The van der Waals surface area contributed by atoms with Gasteiger partial charge in [-0.1, -0.05) is 6.07 Å². The van der Waals surface area contributed by atoms with Gasteiger partial charge in [-0.15, -0.1) is 0 Å². The van der Waals surface area contributed by atoms with E-state index in [-0.39, 0.29) is 0 Å². The average Bonchev–Trinajstić information content (AvgIpc) is 2.85. The van der Waals surface area contributed by atoms with Gasteiger partial charge in [0.15, 0.2) is 0 Å². The molecule has 0 bridgehead atoms. The normalized spacial score (nSPS) is 18.6. The van der Waals surface area contributed by atoms with Gasteiger partial charge in [-0.3, -0.25) is 4.99 Å². The molecule has 1 atom stereocenters. The summed E-state index contributed by atoms with van der Waals surface area (Å²) in [4.78, 5) is 15.4. The molecule has 0 saturated carbocycles. The van der Waals surface area contributed by atoms with Crippen molar-refractivity contribution in [3.8, 4) is 0 Å². The molecule has 1 unspecified atom stereocenters. The van der Waals surface area contributed by atoms with E-state index in [1.54, 1.807) is 0 Å². The molecule has 0 fully saturated rings. The summed E-state index contributed by atoms with van der Waals surface area (Å²) in [5, 5.41) is 2.80. The number of benzene rings is 1. The van der Waals surface area contributed by atoms with Crippen molar-refractivity contribution >= 4 is 17.5 Å². The third-order valence-corrected chi connectivity index (χ3v) is 2.92. The average molecular weight is 286 g/mol. The molecule has 0 spiro atoms. The van der Waals surface area contributed by atoms with Gasteiger partial charge < -0.3 is 10.1 Å². The highest BCUT2D eigenvalue weighted by atomic mass is 19.4. The van der Waals surface area contributed by atoms with Crippen LogP contribution in [0, 0.1) is 0 Å². The second-order valence-electron chi connectivity index (χ2n) is 4.36. The SMILES string of the molecule is COC(=O)C1CCC(Nc2cccc(C(F)(F)F)c2)=N1. The molecule has 108 valence electrons. The van der Waals surface area contributed by atoms with E-state index in [2.05, 4.69) is 15.0 Å². The maximum Gasteiger partial charge on any atom is 0.416 e. The molecule has 0 aliphatic carbocycles. The highest BCUT2D eigenvalue weighted by Crippen LogP contribution is 2.31. The minimum atomic E-state index is -4.39. The predicted octanol–water partition coefficient (Wildman–Crippen LogP) is 2.85. The van der Waals surface area contributed by atoms with Crippen molar-refractivity contribution in [2.24, 2.45) is 4.99 Å². The van der Waals surface area contributed by atoms with E-state index >= 15 is 0 Å². The van der Waals surface area contributed by atoms with Gasteiger partial charge in [0.25, 0.3) is 0 Å². The van der Waals surface area contributed by atoms with Gasteiger partial charge in [0.05, 0.1) is 12.7 Å². The van der Waals surface area contributed by atoms with Gasteiger partial charge >= 0.3 is 12.1 Å². The van der Waals surface area contributed by atoms with Gasteiger partial charge in [0.2, 0.25) is 0 Å². The minimum absolute atomic E-state index is 0.295. The molecule has 0 aromatic heterocycles. The van der Waals surface area contributed by atoms with Crippen LogP contribution >= 0.6 is 0 Å². The monoisotopic (exact) mass is 286 g/mol. The zero-order valence-electron chi connectivity index (χ0n) is 10.7. The molecule has 1 aromatic rings. The van der Waals surface area contributed by atoms with Crippen molar-refractivity contribution in [2.75, 3.05) is 12.4 Å². The van der Waals surface area contributed by atoms with Crippen LogP contribution < -0.4 is 5.32 Å². The van der Waals surface area contributed by atoms with Gasteiger partial charge in [-0.2, -0.15) is 13.2 Å². The Morgan fingerprint density at radius 3 is 2.85 bits per heavy atom. The van der Waals surface area contributed by atoms with Gasteiger partial charge in [-0.25, -0.2) is 4.79 Å². The highest BCUT2D eigenvalue weighted by Gasteiger charge is 2.30. The number of halogens is 3. The number of carbonyl (C=O) groups is 1. The number of nitrogens with zero attached hydrogens (tertiary/aromatic N) is 1. The summed E-state index contributed by atoms with van der Waals surface area (Å²) < 4.78 is 42.3. The number of hydrogen-bond acceptors (Lipinski definition) is 4. The van der Waals surface area contributed by atoms with Gasteiger partial charge in [0.1, 0.15) is 11.9 Å². The van der Waals surface area contributed by atoms with Gasteiger partial charge in [-0.05, 0) is 24.6 Å². The predicted molar refractivity (Wildman–Crippen MR) is 67.5 cm³/mol. The van der Waals surface area contributed by atoms with Crippen LogP contribution in [0.2, 0.25) is 0 Å². The Bertz CT molecular complexity index is 541. The van der Waals surface area contributed by atoms with Crippen molar-refractivity contribution in [1.29, 1.82) is 0 Å². The zero-order chi connectivity index (χ0) is 14.8. The lowest BCUT2D eigenvalue weighted by atomic mass is 10.2. The quantitative estimate of drug-likeness (QED) is 0.850. The largest absolute Gasteiger partial charge is 0.467 e. The van der Waals surface area contributed by atoms with E-state index in [0.29, 0.717) is 24.4 Å². The van der Waals surface area contributed by atoms with Crippen LogP contribution in [0.15, 0.2) is 29.3 Å². The van der Waals surface area contributed by atoms with E-state index in [4.69, 9.17) is 0 Å². The molecular formula is C13H13F3N2O2. The number of nitrogens with one attached hydrogen (secondary N) is 1. The number of amidine groups is 1. The van der Waals surface area contributed by atoms with Crippen molar-refractivity contribution < 1.29 is 22.7 Å². The lowest BCUT2D eigenvalue weighted by molar-refractivity contribution is -0.142. The number of rotatable bonds is 2. The molecule has 20 heavy (non-hydrogen) atoms. The van der Waals surface area contributed by atoms with Crippen LogP contribution in [-0.4, -0.2) is 25.0 Å². The highest BCUT2D eigenvalue weighted by molar-refractivity contribution is 5.99. The molecule has 0 amide bonds. The van der Waals surface area contributed by atoms with Gasteiger partial charge in [0, 0.05) is 12.1 Å². The molecule has 1 aliphatic heterocycles. The van der Waals surface area contributed by atoms with Crippen molar-refractivity contribution in [3.05, 3.63) is 29.8 Å². The number of ether oxygens (including phenoxy) is 1. The number of alkyl halides is 3. The summed E-state index contributed by atoms with van der Waals surface area (Å²) in [5.41, 5.74) is -0.435. The summed E-state index contributed by atoms with van der Waals surface area (Å²) in [6.07, 6.45) is -3.40. The lowest BCUT2D eigenvalue weighted by Gasteiger charge is -2.10. The van der Waals surface area contributed by atoms with Crippen LogP contribution in [0.25, 0.3) is 0 Å². The summed E-state index contributed by atoms with van der Waals surface area (Å²) in [7, 11) is 1.27. The molecule has 1 heterocycles. The molecule has 7 heteroatoms. The molecule has 0 saturated heterocycles. The van der Waals surface area contributed by atoms with Crippen LogP contribution in [0.3, 0.4) is 0 Å².